The van der Waals surface area contributed by atoms with E-state index in [1.165, 1.54) is 12.1 Å². The van der Waals surface area contributed by atoms with Crippen LogP contribution in [0, 0.1) is 0 Å². The second-order valence-electron chi connectivity index (χ2n) is 6.74. The molecule has 1 aromatic rings. The van der Waals surface area contributed by atoms with Gasteiger partial charge in [0, 0.05) is 25.7 Å². The summed E-state index contributed by atoms with van der Waals surface area (Å²) in [5.74, 6) is 1.01. The molecule has 0 radical (unpaired) electrons. The molecule has 11 heteroatoms. The summed E-state index contributed by atoms with van der Waals surface area (Å²) in [6, 6.07) is 4.77. The van der Waals surface area contributed by atoms with Gasteiger partial charge in [0.15, 0.2) is 5.96 Å². The Morgan fingerprint density at radius 1 is 1.19 bits per heavy atom. The van der Waals surface area contributed by atoms with Crippen molar-refractivity contribution >= 4 is 36.0 Å². The van der Waals surface area contributed by atoms with Gasteiger partial charge in [0.05, 0.1) is 18.7 Å². The van der Waals surface area contributed by atoms with E-state index in [1.807, 2.05) is 6.92 Å². The van der Waals surface area contributed by atoms with Crippen molar-refractivity contribution in [3.05, 3.63) is 29.8 Å². The van der Waals surface area contributed by atoms with Crippen LogP contribution in [-0.4, -0.2) is 62.4 Å². The van der Waals surface area contributed by atoms with E-state index in [2.05, 4.69) is 15.6 Å². The normalized spacial score (nSPS) is 15.1. The lowest BCUT2D eigenvalue weighted by Crippen LogP contribution is -2.50. The van der Waals surface area contributed by atoms with Gasteiger partial charge in [0.25, 0.3) is 0 Å². The van der Waals surface area contributed by atoms with Gasteiger partial charge < -0.3 is 25.0 Å². The zero-order valence-electron chi connectivity index (χ0n) is 17.7. The predicted molar refractivity (Wildman–Crippen MR) is 123 cm³/mol. The van der Waals surface area contributed by atoms with E-state index in [9.17, 15) is 18.0 Å². The molecular formula is C20H30F3IN4O3. The minimum Gasteiger partial charge on any atom is -0.492 e. The lowest BCUT2D eigenvalue weighted by molar-refractivity contribution is -0.137. The van der Waals surface area contributed by atoms with Gasteiger partial charge in [-0.1, -0.05) is 0 Å². The molecule has 31 heavy (non-hydrogen) atoms. The van der Waals surface area contributed by atoms with E-state index < -0.39 is 11.7 Å². The molecule has 0 spiro atoms. The summed E-state index contributed by atoms with van der Waals surface area (Å²) in [4.78, 5) is 17.9. The number of rotatable bonds is 7. The van der Waals surface area contributed by atoms with Crippen molar-refractivity contribution in [1.82, 2.24) is 15.5 Å². The molecule has 1 aromatic carbocycles. The van der Waals surface area contributed by atoms with Gasteiger partial charge in [-0.3, -0.25) is 0 Å². The number of carbonyl (C=O) groups is 1. The summed E-state index contributed by atoms with van der Waals surface area (Å²) in [6.07, 6.45) is -3.07. The molecule has 7 nitrogen and oxygen atoms in total. The number of halogens is 4. The molecule has 0 aromatic heterocycles. The molecule has 1 heterocycles. The Labute approximate surface area is 197 Å². The van der Waals surface area contributed by atoms with Crippen molar-refractivity contribution in [3.8, 4) is 5.75 Å². The monoisotopic (exact) mass is 558 g/mol. The Hall–Kier alpha value is -1.92. The van der Waals surface area contributed by atoms with Crippen LogP contribution in [-0.2, 0) is 10.9 Å². The molecule has 0 saturated carbocycles. The number of guanidine groups is 1. The third-order valence-corrected chi connectivity index (χ3v) is 4.52. The first-order valence-corrected chi connectivity index (χ1v) is 10.1. The first kappa shape index (κ1) is 27.1. The molecule has 176 valence electrons. The standard InChI is InChI=1S/C20H29F3N4O3.HI/c1-3-24-18(26-16-9-12-27(13-10-16)19(28)29-4-2)25-11-14-30-17-7-5-15(6-8-17)20(21,22)23;/h5-8,16H,3-4,9-14H2,1-2H3,(H2,24,25,26);1H. The van der Waals surface area contributed by atoms with Crippen LogP contribution >= 0.6 is 24.0 Å². The van der Waals surface area contributed by atoms with Crippen molar-refractivity contribution in [2.45, 2.75) is 38.9 Å². The molecule has 1 aliphatic rings. The van der Waals surface area contributed by atoms with E-state index in [0.29, 0.717) is 44.5 Å². The summed E-state index contributed by atoms with van der Waals surface area (Å²) in [7, 11) is 0. The number of amides is 1. The minimum absolute atomic E-state index is 0. The maximum absolute atomic E-state index is 12.6. The molecule has 1 aliphatic heterocycles. The summed E-state index contributed by atoms with van der Waals surface area (Å²) in [5, 5.41) is 6.51. The first-order chi connectivity index (χ1) is 14.3. The van der Waals surface area contributed by atoms with Crippen molar-refractivity contribution < 1.29 is 27.4 Å². The molecule has 1 amide bonds. The van der Waals surface area contributed by atoms with Gasteiger partial charge in [-0.05, 0) is 51.0 Å². The third-order valence-electron chi connectivity index (χ3n) is 4.52. The Bertz CT molecular complexity index is 694. The summed E-state index contributed by atoms with van der Waals surface area (Å²) in [6.45, 7) is 6.61. The number of carbonyl (C=O) groups excluding carboxylic acids is 1. The molecule has 0 aliphatic carbocycles. The topological polar surface area (TPSA) is 75.2 Å². The highest BCUT2D eigenvalue weighted by Gasteiger charge is 2.30. The quantitative estimate of drug-likeness (QED) is 0.230. The Morgan fingerprint density at radius 3 is 2.39 bits per heavy atom. The Morgan fingerprint density at radius 2 is 1.84 bits per heavy atom. The number of piperidine rings is 1. The van der Waals surface area contributed by atoms with Crippen LogP contribution in [0.25, 0.3) is 0 Å². The molecular weight excluding hydrogens is 528 g/mol. The highest BCUT2D eigenvalue weighted by molar-refractivity contribution is 14.0. The molecule has 0 bridgehead atoms. The molecule has 1 saturated heterocycles. The van der Waals surface area contributed by atoms with Gasteiger partial charge in [0.2, 0.25) is 0 Å². The average molecular weight is 558 g/mol. The number of nitrogens with zero attached hydrogens (tertiary/aromatic N) is 2. The van der Waals surface area contributed by atoms with Crippen LogP contribution in [0.1, 0.15) is 32.3 Å². The number of ether oxygens (including phenoxy) is 2. The largest absolute Gasteiger partial charge is 0.492 e. The predicted octanol–water partition coefficient (Wildman–Crippen LogP) is 3.88. The van der Waals surface area contributed by atoms with Crippen LogP contribution in [0.3, 0.4) is 0 Å². The Balaban J connectivity index is 0.00000480. The number of aliphatic imine (C=N–C) groups is 1. The molecule has 1 fully saturated rings. The van der Waals surface area contributed by atoms with Crippen LogP contribution < -0.4 is 15.4 Å². The van der Waals surface area contributed by atoms with Gasteiger partial charge in [0.1, 0.15) is 12.4 Å². The van der Waals surface area contributed by atoms with Crippen molar-refractivity contribution in [2.75, 3.05) is 39.4 Å². The van der Waals surface area contributed by atoms with Crippen molar-refractivity contribution in [1.29, 1.82) is 0 Å². The fourth-order valence-corrected chi connectivity index (χ4v) is 3.00. The maximum Gasteiger partial charge on any atom is 0.416 e. The van der Waals surface area contributed by atoms with E-state index in [4.69, 9.17) is 9.47 Å². The summed E-state index contributed by atoms with van der Waals surface area (Å²) in [5.41, 5.74) is -0.708. The highest BCUT2D eigenvalue weighted by Crippen LogP contribution is 2.30. The second-order valence-corrected chi connectivity index (χ2v) is 6.74. The van der Waals surface area contributed by atoms with Crippen LogP contribution in [0.4, 0.5) is 18.0 Å². The fraction of sp³-hybridized carbons (Fsp3) is 0.600. The number of hydrogen-bond donors (Lipinski definition) is 2. The average Bonchev–Trinajstić information content (AvgIpc) is 2.71. The van der Waals surface area contributed by atoms with Gasteiger partial charge in [-0.15, -0.1) is 24.0 Å². The molecule has 0 unspecified atom stereocenters. The van der Waals surface area contributed by atoms with Crippen LogP contribution in [0.5, 0.6) is 5.75 Å². The maximum atomic E-state index is 12.6. The van der Waals surface area contributed by atoms with Crippen molar-refractivity contribution in [3.63, 3.8) is 0 Å². The molecule has 0 atom stereocenters. The van der Waals surface area contributed by atoms with Gasteiger partial charge in [-0.25, -0.2) is 9.79 Å². The molecule has 2 rings (SSSR count). The summed E-state index contributed by atoms with van der Waals surface area (Å²) >= 11 is 0. The Kier molecular flexibility index (Phi) is 11.8. The zero-order valence-corrected chi connectivity index (χ0v) is 20.0. The smallest absolute Gasteiger partial charge is 0.416 e. The lowest BCUT2D eigenvalue weighted by atomic mass is 10.1. The number of alkyl halides is 3. The van der Waals surface area contributed by atoms with Gasteiger partial charge in [-0.2, -0.15) is 13.2 Å². The fourth-order valence-electron chi connectivity index (χ4n) is 3.00. The number of nitrogens with one attached hydrogen (secondary N) is 2. The second kappa shape index (κ2) is 13.5. The number of benzene rings is 1. The van der Waals surface area contributed by atoms with Crippen molar-refractivity contribution in [2.24, 2.45) is 4.99 Å². The van der Waals surface area contributed by atoms with Gasteiger partial charge >= 0.3 is 12.3 Å². The number of hydrogen-bond acceptors (Lipinski definition) is 4. The number of likely N-dealkylation sites (tertiary alicyclic amines) is 1. The lowest BCUT2D eigenvalue weighted by Gasteiger charge is -2.32. The molecule has 2 N–H and O–H groups in total. The van der Waals surface area contributed by atoms with E-state index in [0.717, 1.165) is 25.0 Å². The minimum atomic E-state index is -4.36. The van der Waals surface area contributed by atoms with Crippen LogP contribution in [0.2, 0.25) is 0 Å². The van der Waals surface area contributed by atoms with E-state index in [-0.39, 0.29) is 42.7 Å². The first-order valence-electron chi connectivity index (χ1n) is 10.1. The third kappa shape index (κ3) is 9.40. The highest BCUT2D eigenvalue weighted by atomic mass is 127. The zero-order chi connectivity index (χ0) is 22.0. The van der Waals surface area contributed by atoms with E-state index in [1.54, 1.807) is 11.8 Å². The van der Waals surface area contributed by atoms with E-state index >= 15 is 0 Å². The summed E-state index contributed by atoms with van der Waals surface area (Å²) < 4.78 is 48.2. The van der Waals surface area contributed by atoms with Crippen LogP contribution in [0.15, 0.2) is 29.3 Å². The SMILES string of the molecule is CCNC(=NCCOc1ccc(C(F)(F)F)cc1)NC1CCN(C(=O)OCC)CC1.I.